The van der Waals surface area contributed by atoms with Gasteiger partial charge in [0.05, 0.1) is 11.9 Å². The van der Waals surface area contributed by atoms with Crippen LogP contribution in [0.3, 0.4) is 0 Å². The minimum atomic E-state index is 0.0361. The molecule has 0 saturated carbocycles. The smallest absolute Gasteiger partial charge is 0.232 e. The molecule has 0 aromatic carbocycles. The molecular formula is C9H20N2O2S. The fourth-order valence-corrected chi connectivity index (χ4v) is 1.12. The molecule has 1 atom stereocenters. The van der Waals surface area contributed by atoms with Crippen molar-refractivity contribution in [3.63, 3.8) is 0 Å². The number of thioether (sulfide) groups is 1. The van der Waals surface area contributed by atoms with E-state index in [1.54, 1.807) is 18.9 Å². The second-order valence-electron chi connectivity index (χ2n) is 2.91. The Morgan fingerprint density at radius 2 is 2.14 bits per heavy atom. The average Bonchev–Trinajstić information content (AvgIpc) is 2.21. The predicted molar refractivity (Wildman–Crippen MR) is 60.7 cm³/mol. The molecule has 0 aliphatic rings. The summed E-state index contributed by atoms with van der Waals surface area (Å²) in [6.45, 7) is 4.89. The first-order chi connectivity index (χ1) is 6.72. The molecule has 0 aliphatic heterocycles. The van der Waals surface area contributed by atoms with Crippen LogP contribution in [0, 0.1) is 0 Å². The Morgan fingerprint density at radius 1 is 1.43 bits per heavy atom. The number of methoxy groups -OCH3 is 1. The maximum Gasteiger partial charge on any atom is 0.232 e. The van der Waals surface area contributed by atoms with Gasteiger partial charge in [0.25, 0.3) is 0 Å². The van der Waals surface area contributed by atoms with Crippen LogP contribution < -0.4 is 10.6 Å². The summed E-state index contributed by atoms with van der Waals surface area (Å²) in [6, 6.07) is 0. The predicted octanol–water partition coefficient (Wildman–Crippen LogP) is 0.0901. The lowest BCUT2D eigenvalue weighted by Crippen LogP contribution is -2.36. The van der Waals surface area contributed by atoms with Crippen LogP contribution in [-0.2, 0) is 9.53 Å². The molecule has 0 heterocycles. The van der Waals surface area contributed by atoms with Crippen molar-refractivity contribution in [2.75, 3.05) is 39.6 Å². The van der Waals surface area contributed by atoms with Crippen molar-refractivity contribution in [2.45, 2.75) is 12.2 Å². The standard InChI is InChI=1S/C9H20N2O2S/c1-8(14-3)9(12)11-5-4-10-6-7-13-2/h8,10H,4-7H2,1-3H3,(H,11,12). The molecule has 0 fully saturated rings. The topological polar surface area (TPSA) is 50.4 Å². The third kappa shape index (κ3) is 7.17. The number of ether oxygens (including phenoxy) is 1. The van der Waals surface area contributed by atoms with E-state index < -0.39 is 0 Å². The van der Waals surface area contributed by atoms with E-state index >= 15 is 0 Å². The van der Waals surface area contributed by atoms with Crippen LogP contribution in [0.5, 0.6) is 0 Å². The number of carbonyl (C=O) groups is 1. The third-order valence-corrected chi connectivity index (χ3v) is 2.73. The molecule has 0 aromatic rings. The van der Waals surface area contributed by atoms with Gasteiger partial charge in [-0.2, -0.15) is 11.8 Å². The number of carbonyl (C=O) groups excluding carboxylic acids is 1. The van der Waals surface area contributed by atoms with E-state index in [0.717, 1.165) is 13.1 Å². The highest BCUT2D eigenvalue weighted by Gasteiger charge is 2.08. The second-order valence-corrected chi connectivity index (χ2v) is 4.09. The van der Waals surface area contributed by atoms with Crippen LogP contribution >= 0.6 is 11.8 Å². The third-order valence-electron chi connectivity index (χ3n) is 1.81. The normalized spacial score (nSPS) is 12.5. The summed E-state index contributed by atoms with van der Waals surface area (Å²) >= 11 is 1.55. The number of hydrogen-bond acceptors (Lipinski definition) is 4. The maximum absolute atomic E-state index is 11.3. The molecule has 1 unspecified atom stereocenters. The molecule has 0 aromatic heterocycles. The lowest BCUT2D eigenvalue weighted by Gasteiger charge is -2.09. The van der Waals surface area contributed by atoms with Gasteiger partial charge < -0.3 is 15.4 Å². The number of rotatable bonds is 8. The van der Waals surface area contributed by atoms with Crippen LogP contribution in [-0.4, -0.2) is 50.8 Å². The summed E-state index contributed by atoms with van der Waals surface area (Å²) in [4.78, 5) is 11.3. The van der Waals surface area contributed by atoms with E-state index in [2.05, 4.69) is 10.6 Å². The first-order valence-electron chi connectivity index (χ1n) is 4.72. The molecule has 0 aliphatic carbocycles. The summed E-state index contributed by atoms with van der Waals surface area (Å²) in [5.41, 5.74) is 0. The van der Waals surface area contributed by atoms with Crippen LogP contribution in [0.25, 0.3) is 0 Å². The van der Waals surface area contributed by atoms with Crippen LogP contribution in [0.2, 0.25) is 0 Å². The fourth-order valence-electron chi connectivity index (χ4n) is 0.824. The van der Waals surface area contributed by atoms with Crippen LogP contribution in [0.1, 0.15) is 6.92 Å². The Morgan fingerprint density at radius 3 is 2.71 bits per heavy atom. The maximum atomic E-state index is 11.3. The Hall–Kier alpha value is -0.260. The first-order valence-corrected chi connectivity index (χ1v) is 6.01. The monoisotopic (exact) mass is 220 g/mol. The Labute approximate surface area is 90.2 Å². The minimum absolute atomic E-state index is 0.0361. The quantitative estimate of drug-likeness (QED) is 0.569. The Balaban J connectivity index is 3.23. The van der Waals surface area contributed by atoms with Gasteiger partial charge in [-0.15, -0.1) is 0 Å². The van der Waals surface area contributed by atoms with Crippen LogP contribution in [0.4, 0.5) is 0 Å². The van der Waals surface area contributed by atoms with Crippen molar-refractivity contribution < 1.29 is 9.53 Å². The highest BCUT2D eigenvalue weighted by Crippen LogP contribution is 2.03. The molecule has 0 rings (SSSR count). The zero-order valence-electron chi connectivity index (χ0n) is 9.13. The summed E-state index contributed by atoms with van der Waals surface area (Å²) in [5, 5.41) is 6.04. The summed E-state index contributed by atoms with van der Waals surface area (Å²) in [6.07, 6.45) is 1.93. The lowest BCUT2D eigenvalue weighted by atomic mass is 10.4. The number of amides is 1. The molecule has 1 amide bonds. The molecule has 0 radical (unpaired) electrons. The van der Waals surface area contributed by atoms with E-state index in [4.69, 9.17) is 4.74 Å². The second kappa shape index (κ2) is 9.30. The lowest BCUT2D eigenvalue weighted by molar-refractivity contribution is -0.120. The number of hydrogen-bond donors (Lipinski definition) is 2. The largest absolute Gasteiger partial charge is 0.383 e. The van der Waals surface area contributed by atoms with Gasteiger partial charge in [-0.3, -0.25) is 4.79 Å². The van der Waals surface area contributed by atoms with Gasteiger partial charge in [-0.25, -0.2) is 0 Å². The van der Waals surface area contributed by atoms with E-state index in [1.807, 2.05) is 13.2 Å². The van der Waals surface area contributed by atoms with Crippen molar-refractivity contribution in [3.05, 3.63) is 0 Å². The summed E-state index contributed by atoms with van der Waals surface area (Å²) in [5.74, 6) is 0.103. The SMILES string of the molecule is COCCNCCNC(=O)C(C)SC. The van der Waals surface area contributed by atoms with Gasteiger partial charge in [-0.05, 0) is 13.2 Å². The highest BCUT2D eigenvalue weighted by molar-refractivity contribution is 7.99. The molecule has 84 valence electrons. The van der Waals surface area contributed by atoms with Crippen molar-refractivity contribution in [3.8, 4) is 0 Å². The molecule has 4 nitrogen and oxygen atoms in total. The van der Waals surface area contributed by atoms with Gasteiger partial charge in [0.1, 0.15) is 0 Å². The van der Waals surface area contributed by atoms with Crippen LogP contribution in [0.15, 0.2) is 0 Å². The molecular weight excluding hydrogens is 200 g/mol. The molecule has 5 heteroatoms. The van der Waals surface area contributed by atoms with Crippen molar-refractivity contribution in [1.82, 2.24) is 10.6 Å². The zero-order chi connectivity index (χ0) is 10.8. The fraction of sp³-hybridized carbons (Fsp3) is 0.889. The van der Waals surface area contributed by atoms with Gasteiger partial charge in [0, 0.05) is 26.7 Å². The molecule has 0 saturated heterocycles. The minimum Gasteiger partial charge on any atom is -0.383 e. The zero-order valence-corrected chi connectivity index (χ0v) is 9.95. The van der Waals surface area contributed by atoms with Crippen molar-refractivity contribution in [1.29, 1.82) is 0 Å². The summed E-state index contributed by atoms with van der Waals surface area (Å²) < 4.78 is 4.87. The average molecular weight is 220 g/mol. The molecule has 14 heavy (non-hydrogen) atoms. The van der Waals surface area contributed by atoms with Gasteiger partial charge >= 0.3 is 0 Å². The Bertz CT molecular complexity index is 156. The van der Waals surface area contributed by atoms with Gasteiger partial charge in [0.15, 0.2) is 0 Å². The van der Waals surface area contributed by atoms with E-state index in [9.17, 15) is 4.79 Å². The molecule has 0 bridgehead atoms. The van der Waals surface area contributed by atoms with E-state index in [0.29, 0.717) is 13.2 Å². The summed E-state index contributed by atoms with van der Waals surface area (Å²) in [7, 11) is 1.67. The van der Waals surface area contributed by atoms with Gasteiger partial charge in [0.2, 0.25) is 5.91 Å². The molecule has 2 N–H and O–H groups in total. The van der Waals surface area contributed by atoms with E-state index in [1.165, 1.54) is 0 Å². The molecule has 0 spiro atoms. The highest BCUT2D eigenvalue weighted by atomic mass is 32.2. The first kappa shape index (κ1) is 13.7. The van der Waals surface area contributed by atoms with Crippen molar-refractivity contribution in [2.24, 2.45) is 0 Å². The van der Waals surface area contributed by atoms with E-state index in [-0.39, 0.29) is 11.2 Å². The Kier molecular flexibility index (Phi) is 9.13. The van der Waals surface area contributed by atoms with Gasteiger partial charge in [-0.1, -0.05) is 0 Å². The van der Waals surface area contributed by atoms with Crippen molar-refractivity contribution >= 4 is 17.7 Å². The number of nitrogens with one attached hydrogen (secondary N) is 2.